The molecule has 7 nitrogen and oxygen atoms in total. The van der Waals surface area contributed by atoms with Gasteiger partial charge in [0.05, 0.1) is 17.7 Å². The lowest BCUT2D eigenvalue weighted by Gasteiger charge is -2.12. The predicted octanol–water partition coefficient (Wildman–Crippen LogP) is 5.87. The zero-order valence-electron chi connectivity index (χ0n) is 18.1. The first-order valence-corrected chi connectivity index (χ1v) is 11.1. The molecule has 0 radical (unpaired) electrons. The molecule has 0 aliphatic carbocycles. The minimum absolute atomic E-state index is 0.286. The highest BCUT2D eigenvalue weighted by molar-refractivity contribution is 9.10. The third-order valence-electron chi connectivity index (χ3n) is 4.96. The maximum absolute atomic E-state index is 12.7. The monoisotopic (exact) mass is 504 g/mol. The summed E-state index contributed by atoms with van der Waals surface area (Å²) in [5, 5.41) is 7.04. The second kappa shape index (κ2) is 9.79. The molecule has 0 saturated carbocycles. The summed E-state index contributed by atoms with van der Waals surface area (Å²) >= 11 is 3.52. The number of carbonyl (C=O) groups is 2. The summed E-state index contributed by atoms with van der Waals surface area (Å²) in [5.41, 5.74) is 4.01. The minimum atomic E-state index is -0.415. The van der Waals surface area contributed by atoms with Gasteiger partial charge in [0.1, 0.15) is 0 Å². The minimum Gasteiger partial charge on any atom is -0.462 e. The second-order valence-electron chi connectivity index (χ2n) is 7.28. The SMILES string of the molecule is CCOC(=O)c1ccc(C(=O)Nc2ccc(C)c(Nc3ncc4cccc(Br)c4n3)c2)cc1. The molecule has 3 aromatic carbocycles. The average molecular weight is 505 g/mol. The van der Waals surface area contributed by atoms with Crippen molar-refractivity contribution in [1.82, 2.24) is 9.97 Å². The smallest absolute Gasteiger partial charge is 0.338 e. The van der Waals surface area contributed by atoms with Crippen molar-refractivity contribution in [3.63, 3.8) is 0 Å². The third-order valence-corrected chi connectivity index (χ3v) is 5.60. The summed E-state index contributed by atoms with van der Waals surface area (Å²) in [6.07, 6.45) is 1.76. The van der Waals surface area contributed by atoms with Gasteiger partial charge in [-0.3, -0.25) is 4.79 Å². The Bertz CT molecular complexity index is 1340. The molecule has 1 aromatic heterocycles. The Balaban J connectivity index is 1.51. The Labute approximate surface area is 199 Å². The molecule has 0 saturated heterocycles. The van der Waals surface area contributed by atoms with E-state index in [1.807, 2.05) is 43.3 Å². The van der Waals surface area contributed by atoms with Crippen LogP contribution in [0.3, 0.4) is 0 Å². The van der Waals surface area contributed by atoms with Crippen LogP contribution in [-0.4, -0.2) is 28.5 Å². The van der Waals surface area contributed by atoms with Crippen LogP contribution in [-0.2, 0) is 4.74 Å². The molecule has 8 heteroatoms. The zero-order valence-corrected chi connectivity index (χ0v) is 19.6. The number of anilines is 3. The number of aryl methyl sites for hydroxylation is 1. The number of amides is 1. The number of halogens is 1. The number of benzene rings is 3. The van der Waals surface area contributed by atoms with Crippen LogP contribution in [0.4, 0.5) is 17.3 Å². The molecule has 0 aliphatic rings. The summed E-state index contributed by atoms with van der Waals surface area (Å²) in [7, 11) is 0. The van der Waals surface area contributed by atoms with E-state index >= 15 is 0 Å². The molecule has 2 N–H and O–H groups in total. The van der Waals surface area contributed by atoms with E-state index in [2.05, 4.69) is 36.5 Å². The highest BCUT2D eigenvalue weighted by Gasteiger charge is 2.11. The van der Waals surface area contributed by atoms with Crippen LogP contribution in [0.25, 0.3) is 10.9 Å². The van der Waals surface area contributed by atoms with Crippen LogP contribution in [0.2, 0.25) is 0 Å². The van der Waals surface area contributed by atoms with Gasteiger partial charge in [0.2, 0.25) is 5.95 Å². The molecule has 166 valence electrons. The molecule has 33 heavy (non-hydrogen) atoms. The molecule has 0 spiro atoms. The van der Waals surface area contributed by atoms with Crippen LogP contribution in [0.5, 0.6) is 0 Å². The Morgan fingerprint density at radius 2 is 1.79 bits per heavy atom. The van der Waals surface area contributed by atoms with Crippen molar-refractivity contribution in [1.29, 1.82) is 0 Å². The van der Waals surface area contributed by atoms with E-state index in [0.717, 1.165) is 26.6 Å². The van der Waals surface area contributed by atoms with Crippen LogP contribution >= 0.6 is 15.9 Å². The fraction of sp³-hybridized carbons (Fsp3) is 0.120. The number of hydrogen-bond acceptors (Lipinski definition) is 6. The average Bonchev–Trinajstić information content (AvgIpc) is 2.82. The number of esters is 1. The lowest BCUT2D eigenvalue weighted by molar-refractivity contribution is 0.0526. The Morgan fingerprint density at radius 3 is 2.55 bits per heavy atom. The number of ether oxygens (including phenoxy) is 1. The highest BCUT2D eigenvalue weighted by Crippen LogP contribution is 2.26. The molecule has 1 amide bonds. The molecule has 0 aliphatic heterocycles. The maximum Gasteiger partial charge on any atom is 0.338 e. The Morgan fingerprint density at radius 1 is 1.03 bits per heavy atom. The van der Waals surface area contributed by atoms with Gasteiger partial charge in [0.25, 0.3) is 5.91 Å². The topological polar surface area (TPSA) is 93.2 Å². The largest absolute Gasteiger partial charge is 0.462 e. The van der Waals surface area contributed by atoms with E-state index < -0.39 is 5.97 Å². The fourth-order valence-electron chi connectivity index (χ4n) is 3.21. The first-order chi connectivity index (χ1) is 15.9. The molecular formula is C25H21BrN4O3. The van der Waals surface area contributed by atoms with Crippen LogP contribution in [0.15, 0.2) is 71.3 Å². The van der Waals surface area contributed by atoms with Crippen molar-refractivity contribution < 1.29 is 14.3 Å². The fourth-order valence-corrected chi connectivity index (χ4v) is 3.68. The molecule has 1 heterocycles. The number of para-hydroxylation sites is 1. The van der Waals surface area contributed by atoms with E-state index in [4.69, 9.17) is 4.74 Å². The summed E-state index contributed by atoms with van der Waals surface area (Å²) in [6, 6.07) is 17.7. The summed E-state index contributed by atoms with van der Waals surface area (Å²) < 4.78 is 5.85. The quantitative estimate of drug-likeness (QED) is 0.318. The molecular weight excluding hydrogens is 484 g/mol. The summed E-state index contributed by atoms with van der Waals surface area (Å²) in [6.45, 7) is 4.00. The number of fused-ring (bicyclic) bond motifs is 1. The molecule has 4 rings (SSSR count). The predicted molar refractivity (Wildman–Crippen MR) is 132 cm³/mol. The first-order valence-electron chi connectivity index (χ1n) is 10.3. The van der Waals surface area contributed by atoms with Gasteiger partial charge >= 0.3 is 5.97 Å². The zero-order chi connectivity index (χ0) is 23.4. The van der Waals surface area contributed by atoms with Crippen molar-refractivity contribution in [2.24, 2.45) is 0 Å². The van der Waals surface area contributed by atoms with Gasteiger partial charge in [-0.05, 0) is 77.8 Å². The van der Waals surface area contributed by atoms with Gasteiger partial charge in [0, 0.05) is 33.0 Å². The summed E-state index contributed by atoms with van der Waals surface area (Å²) in [4.78, 5) is 33.4. The van der Waals surface area contributed by atoms with E-state index in [9.17, 15) is 9.59 Å². The van der Waals surface area contributed by atoms with E-state index in [-0.39, 0.29) is 5.91 Å². The number of hydrogen-bond donors (Lipinski definition) is 2. The summed E-state index contributed by atoms with van der Waals surface area (Å²) in [5.74, 6) is -0.247. The molecule has 4 aromatic rings. The van der Waals surface area contributed by atoms with E-state index in [0.29, 0.717) is 29.4 Å². The second-order valence-corrected chi connectivity index (χ2v) is 8.13. The van der Waals surface area contributed by atoms with Crippen molar-refractivity contribution >= 4 is 56.0 Å². The van der Waals surface area contributed by atoms with Crippen LogP contribution in [0, 0.1) is 6.92 Å². The van der Waals surface area contributed by atoms with Crippen LogP contribution < -0.4 is 10.6 Å². The van der Waals surface area contributed by atoms with Gasteiger partial charge in [-0.2, -0.15) is 0 Å². The lowest BCUT2D eigenvalue weighted by Crippen LogP contribution is -2.13. The maximum atomic E-state index is 12.7. The Kier molecular flexibility index (Phi) is 6.65. The molecule has 0 fully saturated rings. The standard InChI is InChI=1S/C25H21BrN4O3/c1-3-33-24(32)17-10-8-16(9-11-17)23(31)28-19-12-7-15(2)21(13-19)29-25-27-14-18-5-4-6-20(26)22(18)30-25/h4-14H,3H2,1-2H3,(H,28,31)(H,27,29,30). The first kappa shape index (κ1) is 22.4. The molecule has 0 bridgehead atoms. The lowest BCUT2D eigenvalue weighted by atomic mass is 10.1. The van der Waals surface area contributed by atoms with Crippen molar-refractivity contribution in [2.75, 3.05) is 17.2 Å². The van der Waals surface area contributed by atoms with Gasteiger partial charge in [0.15, 0.2) is 0 Å². The number of nitrogens with one attached hydrogen (secondary N) is 2. The van der Waals surface area contributed by atoms with Gasteiger partial charge in [-0.15, -0.1) is 0 Å². The van der Waals surface area contributed by atoms with Gasteiger partial charge < -0.3 is 15.4 Å². The Hall–Kier alpha value is -3.78. The number of aromatic nitrogens is 2. The molecule has 0 atom stereocenters. The van der Waals surface area contributed by atoms with Crippen LogP contribution in [0.1, 0.15) is 33.2 Å². The highest BCUT2D eigenvalue weighted by atomic mass is 79.9. The normalized spacial score (nSPS) is 10.6. The van der Waals surface area contributed by atoms with E-state index in [1.54, 1.807) is 37.4 Å². The molecule has 0 unspecified atom stereocenters. The van der Waals surface area contributed by atoms with Gasteiger partial charge in [-0.1, -0.05) is 18.2 Å². The number of rotatable bonds is 6. The van der Waals surface area contributed by atoms with Crippen molar-refractivity contribution in [3.8, 4) is 0 Å². The number of nitrogens with zero attached hydrogens (tertiary/aromatic N) is 2. The third kappa shape index (κ3) is 5.18. The van der Waals surface area contributed by atoms with Crippen molar-refractivity contribution in [2.45, 2.75) is 13.8 Å². The number of carbonyl (C=O) groups excluding carboxylic acids is 2. The van der Waals surface area contributed by atoms with Gasteiger partial charge in [-0.25, -0.2) is 14.8 Å². The van der Waals surface area contributed by atoms with Crippen molar-refractivity contribution in [3.05, 3.63) is 88.0 Å². The van der Waals surface area contributed by atoms with E-state index in [1.165, 1.54) is 0 Å².